The van der Waals surface area contributed by atoms with Gasteiger partial charge in [0, 0.05) is 24.7 Å². The molecule has 0 aromatic heterocycles. The van der Waals surface area contributed by atoms with E-state index in [9.17, 15) is 0 Å². The van der Waals surface area contributed by atoms with Gasteiger partial charge < -0.3 is 5.32 Å². The highest BCUT2D eigenvalue weighted by atomic mass is 15.2. The predicted molar refractivity (Wildman–Crippen MR) is 58.3 cm³/mol. The van der Waals surface area contributed by atoms with Crippen molar-refractivity contribution in [1.82, 2.24) is 10.2 Å². The molecular weight excluding hydrogens is 172 g/mol. The topological polar surface area (TPSA) is 15.3 Å². The average Bonchev–Trinajstić information content (AvgIpc) is 2.93. The molecule has 0 amide bonds. The van der Waals surface area contributed by atoms with Crippen molar-refractivity contribution in [1.29, 1.82) is 0 Å². The lowest BCUT2D eigenvalue weighted by atomic mass is 10.1. The first-order valence-electron chi connectivity index (χ1n) is 6.30. The van der Waals surface area contributed by atoms with Gasteiger partial charge in [-0.1, -0.05) is 0 Å². The van der Waals surface area contributed by atoms with E-state index in [1.165, 1.54) is 45.1 Å². The second-order valence-corrected chi connectivity index (χ2v) is 5.48. The van der Waals surface area contributed by atoms with Crippen LogP contribution in [0.1, 0.15) is 38.5 Å². The normalized spacial score (nSPS) is 47.8. The summed E-state index contributed by atoms with van der Waals surface area (Å²) in [5, 5.41) is 3.43. The molecule has 2 bridgehead atoms. The number of hydrogen-bond donors (Lipinski definition) is 1. The number of hydrogen-bond acceptors (Lipinski definition) is 2. The van der Waals surface area contributed by atoms with Gasteiger partial charge in [-0.3, -0.25) is 4.90 Å². The second kappa shape index (κ2) is 3.49. The summed E-state index contributed by atoms with van der Waals surface area (Å²) < 4.78 is 0. The number of fused-ring (bicyclic) bond motifs is 2. The van der Waals surface area contributed by atoms with Crippen molar-refractivity contribution in [3.63, 3.8) is 0 Å². The monoisotopic (exact) mass is 194 g/mol. The van der Waals surface area contributed by atoms with E-state index in [0.717, 1.165) is 24.0 Å². The van der Waals surface area contributed by atoms with Gasteiger partial charge in [0.25, 0.3) is 0 Å². The van der Waals surface area contributed by atoms with Gasteiger partial charge in [0.2, 0.25) is 0 Å². The highest BCUT2D eigenvalue weighted by molar-refractivity contribution is 4.98. The van der Waals surface area contributed by atoms with E-state index in [0.29, 0.717) is 0 Å². The molecule has 0 radical (unpaired) electrons. The van der Waals surface area contributed by atoms with Gasteiger partial charge >= 0.3 is 0 Å². The SMILES string of the molecule is CNC1CCC(N2CC3CCC2C3)C1. The number of nitrogens with one attached hydrogen (secondary N) is 1. The molecular formula is C12H22N2. The Morgan fingerprint density at radius 2 is 1.79 bits per heavy atom. The van der Waals surface area contributed by atoms with Gasteiger partial charge in [-0.25, -0.2) is 0 Å². The molecule has 4 atom stereocenters. The molecule has 1 heterocycles. The highest BCUT2D eigenvalue weighted by Gasteiger charge is 2.42. The van der Waals surface area contributed by atoms with Crippen molar-refractivity contribution in [2.45, 2.75) is 56.7 Å². The zero-order valence-corrected chi connectivity index (χ0v) is 9.21. The molecule has 2 heteroatoms. The number of piperidine rings is 1. The Kier molecular flexibility index (Phi) is 2.29. The molecule has 3 aliphatic rings. The summed E-state index contributed by atoms with van der Waals surface area (Å²) in [6.45, 7) is 1.42. The molecule has 80 valence electrons. The summed E-state index contributed by atoms with van der Waals surface area (Å²) in [6, 6.07) is 2.70. The van der Waals surface area contributed by atoms with E-state index in [1.807, 2.05) is 0 Å². The Balaban J connectivity index is 1.62. The molecule has 4 unspecified atom stereocenters. The van der Waals surface area contributed by atoms with Crippen LogP contribution in [0.2, 0.25) is 0 Å². The molecule has 1 N–H and O–H groups in total. The zero-order chi connectivity index (χ0) is 9.54. The Labute approximate surface area is 87.0 Å². The lowest BCUT2D eigenvalue weighted by molar-refractivity contribution is 0.149. The molecule has 14 heavy (non-hydrogen) atoms. The zero-order valence-electron chi connectivity index (χ0n) is 9.21. The summed E-state index contributed by atoms with van der Waals surface area (Å²) in [6.07, 6.45) is 8.76. The van der Waals surface area contributed by atoms with Gasteiger partial charge in [-0.2, -0.15) is 0 Å². The second-order valence-electron chi connectivity index (χ2n) is 5.48. The van der Waals surface area contributed by atoms with Gasteiger partial charge in [0.05, 0.1) is 0 Å². The summed E-state index contributed by atoms with van der Waals surface area (Å²) in [4.78, 5) is 2.84. The van der Waals surface area contributed by atoms with Gasteiger partial charge in [-0.15, -0.1) is 0 Å². The van der Waals surface area contributed by atoms with Crippen molar-refractivity contribution in [3.05, 3.63) is 0 Å². The molecule has 0 spiro atoms. The average molecular weight is 194 g/mol. The molecule has 1 saturated heterocycles. The number of likely N-dealkylation sites (tertiary alicyclic amines) is 1. The van der Waals surface area contributed by atoms with Gasteiger partial charge in [-0.05, 0) is 51.5 Å². The third-order valence-electron chi connectivity index (χ3n) is 4.73. The lowest BCUT2D eigenvalue weighted by Crippen LogP contribution is -2.40. The fraction of sp³-hybridized carbons (Fsp3) is 1.00. The van der Waals surface area contributed by atoms with E-state index >= 15 is 0 Å². The van der Waals surface area contributed by atoms with Crippen LogP contribution >= 0.6 is 0 Å². The summed E-state index contributed by atoms with van der Waals surface area (Å²) in [5.74, 6) is 1.06. The minimum absolute atomic E-state index is 0.805. The highest BCUT2D eigenvalue weighted by Crippen LogP contribution is 2.41. The first-order chi connectivity index (χ1) is 6.86. The smallest absolute Gasteiger partial charge is 0.0114 e. The molecule has 2 aliphatic carbocycles. The van der Waals surface area contributed by atoms with Crippen molar-refractivity contribution < 1.29 is 0 Å². The molecule has 3 rings (SSSR count). The maximum absolute atomic E-state index is 3.43. The quantitative estimate of drug-likeness (QED) is 0.718. The van der Waals surface area contributed by atoms with E-state index in [-0.39, 0.29) is 0 Å². The van der Waals surface area contributed by atoms with E-state index < -0.39 is 0 Å². The summed E-state index contributed by atoms with van der Waals surface area (Å²) in [7, 11) is 2.11. The van der Waals surface area contributed by atoms with Crippen molar-refractivity contribution in [3.8, 4) is 0 Å². The van der Waals surface area contributed by atoms with Crippen LogP contribution in [0.3, 0.4) is 0 Å². The maximum Gasteiger partial charge on any atom is 0.0114 e. The fourth-order valence-corrected chi connectivity index (χ4v) is 3.93. The molecule has 2 nitrogen and oxygen atoms in total. The molecule has 2 saturated carbocycles. The van der Waals surface area contributed by atoms with Crippen LogP contribution in [0, 0.1) is 5.92 Å². The standard InChI is InChI=1S/C12H22N2/c1-13-10-3-5-12(7-10)14-8-9-2-4-11(14)6-9/h9-13H,2-8H2,1H3. The number of nitrogens with zero attached hydrogens (tertiary/aromatic N) is 1. The first-order valence-corrected chi connectivity index (χ1v) is 6.30. The first kappa shape index (κ1) is 9.17. The van der Waals surface area contributed by atoms with Crippen LogP contribution in [0.5, 0.6) is 0 Å². The van der Waals surface area contributed by atoms with Crippen molar-refractivity contribution in [2.24, 2.45) is 5.92 Å². The molecule has 0 aromatic carbocycles. The Morgan fingerprint density at radius 1 is 1.00 bits per heavy atom. The largest absolute Gasteiger partial charge is 0.317 e. The third-order valence-corrected chi connectivity index (χ3v) is 4.73. The van der Waals surface area contributed by atoms with Gasteiger partial charge in [0.15, 0.2) is 0 Å². The number of rotatable bonds is 2. The minimum Gasteiger partial charge on any atom is -0.317 e. The van der Waals surface area contributed by atoms with E-state index in [2.05, 4.69) is 17.3 Å². The van der Waals surface area contributed by atoms with E-state index in [1.54, 1.807) is 0 Å². The van der Waals surface area contributed by atoms with Crippen LogP contribution in [0.15, 0.2) is 0 Å². The Hall–Kier alpha value is -0.0800. The van der Waals surface area contributed by atoms with Crippen LogP contribution in [0.4, 0.5) is 0 Å². The minimum atomic E-state index is 0.805. The van der Waals surface area contributed by atoms with Crippen molar-refractivity contribution >= 4 is 0 Å². The maximum atomic E-state index is 3.43. The molecule has 1 aliphatic heterocycles. The molecule has 3 fully saturated rings. The lowest BCUT2D eigenvalue weighted by Gasteiger charge is -2.32. The summed E-state index contributed by atoms with van der Waals surface area (Å²) >= 11 is 0. The van der Waals surface area contributed by atoms with E-state index in [4.69, 9.17) is 0 Å². The van der Waals surface area contributed by atoms with Crippen molar-refractivity contribution in [2.75, 3.05) is 13.6 Å². The molecule has 0 aromatic rings. The third kappa shape index (κ3) is 1.40. The summed E-state index contributed by atoms with van der Waals surface area (Å²) in [5.41, 5.74) is 0. The Morgan fingerprint density at radius 3 is 2.36 bits per heavy atom. The van der Waals surface area contributed by atoms with Crippen LogP contribution < -0.4 is 5.32 Å². The van der Waals surface area contributed by atoms with Crippen LogP contribution in [0.25, 0.3) is 0 Å². The van der Waals surface area contributed by atoms with Gasteiger partial charge in [0.1, 0.15) is 0 Å². The van der Waals surface area contributed by atoms with Crippen LogP contribution in [-0.2, 0) is 0 Å². The predicted octanol–water partition coefficient (Wildman–Crippen LogP) is 1.61. The van der Waals surface area contributed by atoms with Crippen LogP contribution in [-0.4, -0.2) is 36.6 Å². The fourth-order valence-electron chi connectivity index (χ4n) is 3.93. The Bertz CT molecular complexity index is 216.